The molecule has 7 heteroatoms. The number of halogens is 1. The predicted molar refractivity (Wildman–Crippen MR) is 117 cm³/mol. The first-order valence-electron chi connectivity index (χ1n) is 9.38. The van der Waals surface area contributed by atoms with Crippen LogP contribution in [0.5, 0.6) is 0 Å². The molecule has 0 N–H and O–H groups in total. The van der Waals surface area contributed by atoms with Crippen LogP contribution in [0.4, 0.5) is 0 Å². The summed E-state index contributed by atoms with van der Waals surface area (Å²) in [6, 6.07) is 19.2. The Morgan fingerprint density at radius 3 is 2.40 bits per heavy atom. The minimum atomic E-state index is -3.83. The molecule has 4 rings (SSSR count). The fourth-order valence-electron chi connectivity index (χ4n) is 3.34. The zero-order valence-corrected chi connectivity index (χ0v) is 17.8. The van der Waals surface area contributed by atoms with E-state index in [0.29, 0.717) is 15.9 Å². The van der Waals surface area contributed by atoms with Crippen LogP contribution in [-0.4, -0.2) is 23.4 Å². The largest absolute Gasteiger partial charge is 0.299 e. The lowest BCUT2D eigenvalue weighted by Gasteiger charge is -2.08. The molecule has 4 aromatic rings. The number of aromatic nitrogens is 2. The molecule has 1 heterocycles. The van der Waals surface area contributed by atoms with Gasteiger partial charge in [-0.3, -0.25) is 4.79 Å². The average Bonchev–Trinajstić information content (AvgIpc) is 3.14. The molecule has 1 aromatic heterocycles. The van der Waals surface area contributed by atoms with E-state index in [-0.39, 0.29) is 23.5 Å². The standard InChI is InChI=1S/C23H19ClN2O3S/c1-16-3-2-4-22(11-16)30(28,29)26-23-14-18(5-8-19(23)15-25-26)13-21(27)12-17-6-9-20(24)10-7-17/h2-11,14-15H,12-13H2,1H3. The molecule has 152 valence electrons. The van der Waals surface area contributed by atoms with Gasteiger partial charge in [0, 0.05) is 23.3 Å². The molecule has 0 atom stereocenters. The average molecular weight is 439 g/mol. The molecule has 5 nitrogen and oxygen atoms in total. The van der Waals surface area contributed by atoms with Crippen LogP contribution in [0.1, 0.15) is 16.7 Å². The summed E-state index contributed by atoms with van der Waals surface area (Å²) in [5.74, 6) is 0.0317. The summed E-state index contributed by atoms with van der Waals surface area (Å²) in [7, 11) is -3.83. The summed E-state index contributed by atoms with van der Waals surface area (Å²) in [5.41, 5.74) is 2.93. The quantitative estimate of drug-likeness (QED) is 0.441. The number of hydrogen-bond donors (Lipinski definition) is 0. The second-order valence-corrected chi connectivity index (χ2v) is 9.42. The molecular formula is C23H19ClN2O3S. The Bertz CT molecular complexity index is 1340. The van der Waals surface area contributed by atoms with Gasteiger partial charge in [0.1, 0.15) is 5.78 Å². The Kier molecular flexibility index (Phi) is 5.45. The van der Waals surface area contributed by atoms with Gasteiger partial charge >= 0.3 is 0 Å². The zero-order chi connectivity index (χ0) is 21.3. The molecule has 30 heavy (non-hydrogen) atoms. The van der Waals surface area contributed by atoms with Gasteiger partial charge in [-0.25, -0.2) is 0 Å². The number of rotatable bonds is 6. The predicted octanol–water partition coefficient (Wildman–Crippen LogP) is 4.59. The van der Waals surface area contributed by atoms with E-state index >= 15 is 0 Å². The molecule has 3 aromatic carbocycles. The summed E-state index contributed by atoms with van der Waals surface area (Å²) in [5, 5.41) is 5.42. The number of ketones is 1. The van der Waals surface area contributed by atoms with Crippen molar-refractivity contribution in [3.8, 4) is 0 Å². The van der Waals surface area contributed by atoms with E-state index in [1.165, 1.54) is 6.20 Å². The van der Waals surface area contributed by atoms with Crippen molar-refractivity contribution in [3.05, 3.63) is 94.6 Å². The fourth-order valence-corrected chi connectivity index (χ4v) is 4.84. The second kappa shape index (κ2) is 8.05. The van der Waals surface area contributed by atoms with E-state index in [1.54, 1.807) is 42.5 Å². The van der Waals surface area contributed by atoms with Gasteiger partial charge in [-0.15, -0.1) is 0 Å². The van der Waals surface area contributed by atoms with Crippen LogP contribution in [0.15, 0.2) is 77.8 Å². The summed E-state index contributed by atoms with van der Waals surface area (Å²) in [6.45, 7) is 1.84. The Morgan fingerprint density at radius 1 is 0.967 bits per heavy atom. The second-order valence-electron chi connectivity index (χ2n) is 7.22. The maximum atomic E-state index is 13.1. The Hall–Kier alpha value is -2.96. The van der Waals surface area contributed by atoms with Gasteiger partial charge in [0.05, 0.1) is 16.6 Å². The lowest BCUT2D eigenvalue weighted by Crippen LogP contribution is -2.14. The number of benzene rings is 3. The lowest BCUT2D eigenvalue weighted by atomic mass is 10.0. The first-order valence-corrected chi connectivity index (χ1v) is 11.2. The molecule has 0 aliphatic rings. The van der Waals surface area contributed by atoms with E-state index in [4.69, 9.17) is 11.6 Å². The molecule has 0 bridgehead atoms. The van der Waals surface area contributed by atoms with Gasteiger partial charge in [-0.05, 0) is 53.9 Å². The molecule has 0 spiro atoms. The molecule has 0 saturated carbocycles. The molecule has 0 saturated heterocycles. The number of carbonyl (C=O) groups excluding carboxylic acids is 1. The van der Waals surface area contributed by atoms with Gasteiger partial charge in [0.2, 0.25) is 0 Å². The van der Waals surface area contributed by atoms with Crippen LogP contribution < -0.4 is 0 Å². The van der Waals surface area contributed by atoms with Crippen LogP contribution in [-0.2, 0) is 27.7 Å². The fraction of sp³-hybridized carbons (Fsp3) is 0.130. The number of hydrogen-bond acceptors (Lipinski definition) is 4. The third-order valence-corrected chi connectivity index (χ3v) is 6.68. The monoisotopic (exact) mass is 438 g/mol. The molecule has 0 amide bonds. The number of carbonyl (C=O) groups is 1. The normalized spacial score (nSPS) is 11.7. The van der Waals surface area contributed by atoms with Crippen molar-refractivity contribution in [2.75, 3.05) is 0 Å². The van der Waals surface area contributed by atoms with Gasteiger partial charge < -0.3 is 0 Å². The number of Topliss-reactive ketones (excluding diaryl/α,β-unsaturated/α-hetero) is 1. The minimum absolute atomic E-state index is 0.0317. The number of aryl methyl sites for hydroxylation is 1. The van der Waals surface area contributed by atoms with Crippen LogP contribution in [0.25, 0.3) is 10.9 Å². The summed E-state index contributed by atoms with van der Waals surface area (Å²) in [4.78, 5) is 12.7. The van der Waals surface area contributed by atoms with Crippen molar-refractivity contribution >= 4 is 38.3 Å². The van der Waals surface area contributed by atoms with Gasteiger partial charge in [-0.1, -0.05) is 48.0 Å². The van der Waals surface area contributed by atoms with Gasteiger partial charge in [0.25, 0.3) is 10.0 Å². The SMILES string of the molecule is Cc1cccc(S(=O)(=O)n2ncc3ccc(CC(=O)Cc4ccc(Cl)cc4)cc32)c1. The van der Waals surface area contributed by atoms with Crippen molar-refractivity contribution in [1.29, 1.82) is 0 Å². The minimum Gasteiger partial charge on any atom is -0.299 e. The third-order valence-electron chi connectivity index (χ3n) is 4.83. The van der Waals surface area contributed by atoms with Crippen LogP contribution in [0, 0.1) is 6.92 Å². The number of fused-ring (bicyclic) bond motifs is 1. The number of nitrogens with zero attached hydrogens (tertiary/aromatic N) is 2. The van der Waals surface area contributed by atoms with E-state index < -0.39 is 10.0 Å². The van der Waals surface area contributed by atoms with E-state index in [0.717, 1.165) is 20.8 Å². The van der Waals surface area contributed by atoms with E-state index in [9.17, 15) is 13.2 Å². The van der Waals surface area contributed by atoms with Crippen LogP contribution in [0.3, 0.4) is 0 Å². The van der Waals surface area contributed by atoms with Gasteiger partial charge in [-0.2, -0.15) is 17.6 Å². The Morgan fingerprint density at radius 2 is 1.67 bits per heavy atom. The topological polar surface area (TPSA) is 69.0 Å². The maximum Gasteiger partial charge on any atom is 0.283 e. The molecule has 0 fully saturated rings. The molecule has 0 radical (unpaired) electrons. The van der Waals surface area contributed by atoms with Crippen molar-refractivity contribution in [1.82, 2.24) is 9.19 Å². The molecule has 0 aliphatic heterocycles. The van der Waals surface area contributed by atoms with E-state index in [1.807, 2.05) is 31.2 Å². The Balaban J connectivity index is 1.63. The molecule has 0 unspecified atom stereocenters. The maximum absolute atomic E-state index is 13.1. The summed E-state index contributed by atoms with van der Waals surface area (Å²) >= 11 is 5.88. The third kappa shape index (κ3) is 4.15. The highest BCUT2D eigenvalue weighted by Crippen LogP contribution is 2.22. The van der Waals surface area contributed by atoms with Crippen molar-refractivity contribution in [3.63, 3.8) is 0 Å². The molecule has 0 aliphatic carbocycles. The lowest BCUT2D eigenvalue weighted by molar-refractivity contribution is -0.117. The molecular weight excluding hydrogens is 420 g/mol. The highest BCUT2D eigenvalue weighted by Gasteiger charge is 2.21. The highest BCUT2D eigenvalue weighted by molar-refractivity contribution is 7.90. The van der Waals surface area contributed by atoms with Crippen LogP contribution in [0.2, 0.25) is 5.02 Å². The van der Waals surface area contributed by atoms with Crippen LogP contribution >= 0.6 is 11.6 Å². The van der Waals surface area contributed by atoms with Crippen molar-refractivity contribution in [2.24, 2.45) is 0 Å². The zero-order valence-electron chi connectivity index (χ0n) is 16.2. The smallest absolute Gasteiger partial charge is 0.283 e. The van der Waals surface area contributed by atoms with E-state index in [2.05, 4.69) is 5.10 Å². The first-order chi connectivity index (χ1) is 14.3. The van der Waals surface area contributed by atoms with Crippen molar-refractivity contribution in [2.45, 2.75) is 24.7 Å². The first kappa shape index (κ1) is 20.3. The summed E-state index contributed by atoms with van der Waals surface area (Å²) < 4.78 is 27.2. The van der Waals surface area contributed by atoms with Gasteiger partial charge in [0.15, 0.2) is 0 Å². The Labute approximate surface area is 180 Å². The highest BCUT2D eigenvalue weighted by atomic mass is 35.5. The van der Waals surface area contributed by atoms with Crippen molar-refractivity contribution < 1.29 is 13.2 Å². The summed E-state index contributed by atoms with van der Waals surface area (Å²) in [6.07, 6.45) is 2.01.